The van der Waals surface area contributed by atoms with E-state index in [0.29, 0.717) is 59.0 Å². The number of anilines is 1. The van der Waals surface area contributed by atoms with Crippen LogP contribution in [-0.2, 0) is 4.79 Å². The first-order chi connectivity index (χ1) is 20.6. The first kappa shape index (κ1) is 28.5. The van der Waals surface area contributed by atoms with Crippen LogP contribution in [0.5, 0.6) is 0 Å². The Bertz CT molecular complexity index is 1990. The van der Waals surface area contributed by atoms with Gasteiger partial charge in [-0.2, -0.15) is 4.98 Å². The van der Waals surface area contributed by atoms with Gasteiger partial charge >= 0.3 is 5.69 Å². The van der Waals surface area contributed by atoms with E-state index < -0.39 is 11.5 Å². The van der Waals surface area contributed by atoms with E-state index in [1.165, 1.54) is 23.1 Å². The van der Waals surface area contributed by atoms with Gasteiger partial charge in [0.05, 0.1) is 27.5 Å². The quantitative estimate of drug-likeness (QED) is 0.245. The molecule has 0 unspecified atom stereocenters. The van der Waals surface area contributed by atoms with Crippen LogP contribution in [0.15, 0.2) is 58.6 Å². The number of carbonyl (C=O) groups is 1. The Balaban J connectivity index is 1.67. The molecule has 1 aliphatic heterocycles. The number of nitrogens with zero attached hydrogens (tertiary/aromatic N) is 7. The molecule has 1 atom stereocenters. The summed E-state index contributed by atoms with van der Waals surface area (Å²) in [6.07, 6.45) is 2.60. The number of pyridine rings is 2. The van der Waals surface area contributed by atoms with Crippen LogP contribution in [0.25, 0.3) is 39.2 Å². The average molecular weight is 602 g/mol. The third kappa shape index (κ3) is 4.73. The van der Waals surface area contributed by atoms with Crippen LogP contribution in [0.1, 0.15) is 37.9 Å². The molecule has 43 heavy (non-hydrogen) atoms. The molecule has 1 aromatic carbocycles. The van der Waals surface area contributed by atoms with Crippen LogP contribution in [0.3, 0.4) is 0 Å². The van der Waals surface area contributed by atoms with Crippen molar-refractivity contribution >= 4 is 45.6 Å². The Morgan fingerprint density at radius 2 is 1.98 bits per heavy atom. The van der Waals surface area contributed by atoms with E-state index in [1.54, 1.807) is 29.2 Å². The van der Waals surface area contributed by atoms with E-state index in [1.807, 2.05) is 32.6 Å². The molecule has 5 aromatic rings. The number of benzene rings is 1. The maximum absolute atomic E-state index is 15.0. The molecule has 1 saturated heterocycles. The van der Waals surface area contributed by atoms with Gasteiger partial charge in [-0.3, -0.25) is 4.79 Å². The molecule has 220 valence electrons. The van der Waals surface area contributed by atoms with E-state index in [-0.39, 0.29) is 39.8 Å². The minimum absolute atomic E-state index is 0.112. The largest absolute Gasteiger partial charge is 0.425 e. The molecule has 5 heterocycles. The fraction of sp³-hybridized carbons (Fsp3) is 0.290. The topological polar surface area (TPSA) is 110 Å². The van der Waals surface area contributed by atoms with Crippen LogP contribution in [-0.4, -0.2) is 61.0 Å². The third-order valence-electron chi connectivity index (χ3n) is 7.81. The molecule has 4 aromatic heterocycles. The zero-order valence-corrected chi connectivity index (χ0v) is 24.9. The van der Waals surface area contributed by atoms with E-state index in [2.05, 4.69) is 16.5 Å². The molecule has 0 bridgehead atoms. The summed E-state index contributed by atoms with van der Waals surface area (Å²) in [5.74, 6) is -0.394. The Hall–Kier alpha value is -4.64. The van der Waals surface area contributed by atoms with E-state index in [0.717, 1.165) is 0 Å². The van der Waals surface area contributed by atoms with Crippen molar-refractivity contribution in [3.05, 3.63) is 82.0 Å². The molecule has 0 N–H and O–H groups in total. The van der Waals surface area contributed by atoms with Crippen LogP contribution >= 0.6 is 11.6 Å². The van der Waals surface area contributed by atoms with E-state index >= 15 is 4.39 Å². The Labute approximate surface area is 251 Å². The predicted octanol–water partition coefficient (Wildman–Crippen LogP) is 5.43. The number of aryl methyl sites for hydroxylation is 1. The number of aromatic nitrogens is 5. The fourth-order valence-corrected chi connectivity index (χ4v) is 5.95. The van der Waals surface area contributed by atoms with Crippen molar-refractivity contribution in [2.45, 2.75) is 39.7 Å². The third-order valence-corrected chi connectivity index (χ3v) is 8.10. The van der Waals surface area contributed by atoms with Crippen molar-refractivity contribution in [3.8, 4) is 16.9 Å². The number of halogens is 2. The summed E-state index contributed by atoms with van der Waals surface area (Å²) in [6, 6.07) is 7.69. The molecule has 1 amide bonds. The second kappa shape index (κ2) is 10.9. The van der Waals surface area contributed by atoms with Gasteiger partial charge in [0.15, 0.2) is 12.0 Å². The Kier molecular flexibility index (Phi) is 7.21. The highest BCUT2D eigenvalue weighted by Crippen LogP contribution is 2.37. The number of carbonyl (C=O) groups excluding carboxylic acids is 1. The second-order valence-corrected chi connectivity index (χ2v) is 11.3. The van der Waals surface area contributed by atoms with Crippen molar-refractivity contribution in [1.82, 2.24) is 29.4 Å². The molecule has 0 saturated carbocycles. The van der Waals surface area contributed by atoms with Gasteiger partial charge in [-0.1, -0.05) is 44.2 Å². The molecular weight excluding hydrogens is 573 g/mol. The lowest BCUT2D eigenvalue weighted by atomic mass is 10.0. The number of piperazine rings is 1. The van der Waals surface area contributed by atoms with E-state index in [4.69, 9.17) is 26.0 Å². The minimum atomic E-state index is -0.594. The Morgan fingerprint density at radius 3 is 2.67 bits per heavy atom. The first-order valence-corrected chi connectivity index (χ1v) is 14.3. The molecule has 1 aliphatic rings. The molecule has 0 radical (unpaired) electrons. The Morgan fingerprint density at radius 1 is 1.21 bits per heavy atom. The van der Waals surface area contributed by atoms with Crippen molar-refractivity contribution in [3.63, 3.8) is 0 Å². The highest BCUT2D eigenvalue weighted by molar-refractivity contribution is 6.33. The van der Waals surface area contributed by atoms with Gasteiger partial charge in [-0.05, 0) is 44.0 Å². The summed E-state index contributed by atoms with van der Waals surface area (Å²) in [5.41, 5.74) is 2.62. The summed E-state index contributed by atoms with van der Waals surface area (Å²) < 4.78 is 21.9. The SMILES string of the molecule is C=CC(=O)N1CCN(c2nc(=O)n(-c3c(C(C)C)nc4ocnc4c3C)c3nc(-c4ccccc4F)c(Cl)cc23)[C@@H](C)C1. The summed E-state index contributed by atoms with van der Waals surface area (Å²) in [6.45, 7) is 12.6. The summed E-state index contributed by atoms with van der Waals surface area (Å²) in [5, 5.41) is 0.694. The first-order valence-electron chi connectivity index (χ1n) is 13.9. The van der Waals surface area contributed by atoms with Gasteiger partial charge in [0.25, 0.3) is 0 Å². The van der Waals surface area contributed by atoms with Crippen LogP contribution in [0.4, 0.5) is 10.2 Å². The molecule has 12 heteroatoms. The van der Waals surface area contributed by atoms with Crippen LogP contribution in [0, 0.1) is 12.7 Å². The van der Waals surface area contributed by atoms with Gasteiger partial charge in [0, 0.05) is 36.8 Å². The number of fused-ring (bicyclic) bond motifs is 2. The van der Waals surface area contributed by atoms with Gasteiger partial charge in [0.2, 0.25) is 11.6 Å². The standard InChI is InChI=1S/C31H29ClFN7O3/c1-6-23(41)38-11-12-39(17(4)14-38)28-20-13-21(32)26(19-9-7-8-10-22(19)33)35-29(20)40(31(42)37-28)27-18(5)25-30(43-15-34-25)36-24(27)16(2)3/h6-10,13,15-17H,1,11-12,14H2,2-5H3/t17-/m0/s1. The van der Waals surface area contributed by atoms with Gasteiger partial charge in [-0.15, -0.1) is 0 Å². The molecule has 0 spiro atoms. The van der Waals surface area contributed by atoms with E-state index in [9.17, 15) is 9.59 Å². The van der Waals surface area contributed by atoms with Gasteiger partial charge < -0.3 is 14.2 Å². The highest BCUT2D eigenvalue weighted by atomic mass is 35.5. The maximum Gasteiger partial charge on any atom is 0.355 e. The fourth-order valence-electron chi connectivity index (χ4n) is 5.70. The lowest BCUT2D eigenvalue weighted by molar-refractivity contribution is -0.126. The highest BCUT2D eigenvalue weighted by Gasteiger charge is 2.31. The van der Waals surface area contributed by atoms with Crippen LogP contribution in [0.2, 0.25) is 5.02 Å². The van der Waals surface area contributed by atoms with Crippen molar-refractivity contribution in [2.24, 2.45) is 0 Å². The average Bonchev–Trinajstić information content (AvgIpc) is 3.46. The summed E-state index contributed by atoms with van der Waals surface area (Å²) in [4.78, 5) is 48.6. The number of hydrogen-bond acceptors (Lipinski definition) is 8. The van der Waals surface area contributed by atoms with Crippen molar-refractivity contribution < 1.29 is 13.6 Å². The number of hydrogen-bond donors (Lipinski definition) is 0. The molecular formula is C31H29ClFN7O3. The molecule has 1 fully saturated rings. The lowest BCUT2D eigenvalue weighted by Crippen LogP contribution is -2.54. The molecule has 6 rings (SSSR count). The minimum Gasteiger partial charge on any atom is -0.425 e. The zero-order chi connectivity index (χ0) is 30.6. The summed E-state index contributed by atoms with van der Waals surface area (Å²) >= 11 is 6.79. The molecule has 0 aliphatic carbocycles. The number of amides is 1. The van der Waals surface area contributed by atoms with Crippen LogP contribution < -0.4 is 10.6 Å². The smallest absolute Gasteiger partial charge is 0.355 e. The maximum atomic E-state index is 15.0. The molecule has 10 nitrogen and oxygen atoms in total. The van der Waals surface area contributed by atoms with Crippen molar-refractivity contribution in [2.75, 3.05) is 24.5 Å². The monoisotopic (exact) mass is 601 g/mol. The van der Waals surface area contributed by atoms with Crippen molar-refractivity contribution in [1.29, 1.82) is 0 Å². The zero-order valence-electron chi connectivity index (χ0n) is 24.1. The lowest BCUT2D eigenvalue weighted by Gasteiger charge is -2.40. The normalized spacial score (nSPS) is 15.6. The number of rotatable bonds is 5. The van der Waals surface area contributed by atoms with Gasteiger partial charge in [-0.25, -0.2) is 28.7 Å². The second-order valence-electron chi connectivity index (χ2n) is 10.9. The summed E-state index contributed by atoms with van der Waals surface area (Å²) in [7, 11) is 0. The predicted molar refractivity (Wildman–Crippen MR) is 163 cm³/mol. The van der Waals surface area contributed by atoms with Gasteiger partial charge in [0.1, 0.15) is 17.2 Å². The number of oxazole rings is 1.